The minimum Gasteiger partial charge on any atom is -0.744 e. The van der Waals surface area contributed by atoms with E-state index in [-0.39, 0.29) is 6.10 Å². The highest BCUT2D eigenvalue weighted by molar-refractivity contribution is 4.90. The van der Waals surface area contributed by atoms with Crippen LogP contribution < -0.4 is 5.43 Å². The van der Waals surface area contributed by atoms with Gasteiger partial charge in [-0.2, -0.15) is 0 Å². The smallest absolute Gasteiger partial charge is 0.0773 e. The molecule has 0 radical (unpaired) electrons. The van der Waals surface area contributed by atoms with Crippen molar-refractivity contribution in [2.45, 2.75) is 18.9 Å². The van der Waals surface area contributed by atoms with Crippen molar-refractivity contribution in [3.8, 4) is 0 Å². The molecule has 1 heterocycles. The number of nitrogens with zero attached hydrogens (tertiary/aromatic N) is 1. The van der Waals surface area contributed by atoms with E-state index in [9.17, 15) is 5.21 Å². The number of ether oxygens (including phenoxy) is 1. The van der Waals surface area contributed by atoms with Crippen molar-refractivity contribution >= 4 is 0 Å². The quantitative estimate of drug-likeness (QED) is 0.610. The van der Waals surface area contributed by atoms with Crippen molar-refractivity contribution < 1.29 is 4.74 Å². The van der Waals surface area contributed by atoms with Crippen molar-refractivity contribution in [3.05, 3.63) is 17.5 Å². The fourth-order valence-corrected chi connectivity index (χ4v) is 1.00. The lowest BCUT2D eigenvalue weighted by Gasteiger charge is -2.24. The molecule has 1 unspecified atom stereocenters. The molecule has 1 aliphatic heterocycles. The first-order valence-electron chi connectivity index (χ1n) is 3.76. The Morgan fingerprint density at radius 2 is 2.55 bits per heavy atom. The van der Waals surface area contributed by atoms with E-state index in [4.69, 9.17) is 4.74 Å². The summed E-state index contributed by atoms with van der Waals surface area (Å²) in [5.41, 5.74) is 2.42. The normalized spacial score (nSPS) is 24.7. The number of nitrogens with one attached hydrogen (secondary N) is 1. The molecule has 0 aromatic carbocycles. The van der Waals surface area contributed by atoms with E-state index in [2.05, 4.69) is 5.43 Å². The second-order valence-electron chi connectivity index (χ2n) is 2.44. The van der Waals surface area contributed by atoms with E-state index in [0.29, 0.717) is 5.17 Å². The average Bonchev–Trinajstić information content (AvgIpc) is 2.52. The lowest BCUT2D eigenvalue weighted by atomic mass is 10.2. The predicted molar refractivity (Wildman–Crippen MR) is 42.4 cm³/mol. The maximum absolute atomic E-state index is 10.6. The minimum atomic E-state index is 0.139. The van der Waals surface area contributed by atoms with Crippen LogP contribution in [0.3, 0.4) is 0 Å². The summed E-state index contributed by atoms with van der Waals surface area (Å²) >= 11 is 0. The van der Waals surface area contributed by atoms with Gasteiger partial charge in [-0.3, -0.25) is 0 Å². The first-order valence-corrected chi connectivity index (χ1v) is 3.76. The Morgan fingerprint density at radius 1 is 1.73 bits per heavy atom. The van der Waals surface area contributed by atoms with Gasteiger partial charge >= 0.3 is 0 Å². The molecular weight excluding hydrogens is 144 g/mol. The third-order valence-electron chi connectivity index (χ3n) is 1.62. The van der Waals surface area contributed by atoms with Crippen molar-refractivity contribution in [1.82, 2.24) is 10.6 Å². The highest BCUT2D eigenvalue weighted by Gasteiger charge is 2.10. The van der Waals surface area contributed by atoms with Gasteiger partial charge in [0.25, 0.3) is 0 Å². The Kier molecular flexibility index (Phi) is 3.35. The number of hydrogen-bond donors (Lipinski definition) is 1. The molecule has 0 aromatic rings. The van der Waals surface area contributed by atoms with Gasteiger partial charge in [-0.25, -0.2) is 5.43 Å². The van der Waals surface area contributed by atoms with Gasteiger partial charge in [0.1, 0.15) is 0 Å². The Hall–Kier alpha value is -0.580. The molecule has 0 amide bonds. The lowest BCUT2D eigenvalue weighted by molar-refractivity contribution is 0.144. The van der Waals surface area contributed by atoms with E-state index in [1.54, 1.807) is 13.1 Å². The zero-order valence-electron chi connectivity index (χ0n) is 6.62. The van der Waals surface area contributed by atoms with Gasteiger partial charge in [0.05, 0.1) is 6.10 Å². The molecule has 0 saturated carbocycles. The first-order chi connectivity index (χ1) is 5.33. The molecule has 0 aromatic heterocycles. The molecule has 64 valence electrons. The average molecular weight is 157 g/mol. The van der Waals surface area contributed by atoms with Gasteiger partial charge in [-0.1, -0.05) is 0 Å². The molecule has 1 atom stereocenters. The minimum absolute atomic E-state index is 0.139. The van der Waals surface area contributed by atoms with Gasteiger partial charge < -0.3 is 15.1 Å². The van der Waals surface area contributed by atoms with Crippen molar-refractivity contribution in [3.63, 3.8) is 0 Å². The molecule has 1 fully saturated rings. The van der Waals surface area contributed by atoms with Crippen LogP contribution in [0.1, 0.15) is 12.8 Å². The molecule has 0 bridgehead atoms. The van der Waals surface area contributed by atoms with Gasteiger partial charge in [0.2, 0.25) is 0 Å². The van der Waals surface area contributed by atoms with Gasteiger partial charge in [0.15, 0.2) is 0 Å². The van der Waals surface area contributed by atoms with E-state index in [1.807, 2.05) is 0 Å². The van der Waals surface area contributed by atoms with E-state index >= 15 is 0 Å². The summed E-state index contributed by atoms with van der Waals surface area (Å²) in [5, 5.41) is 11.3. The van der Waals surface area contributed by atoms with Crippen LogP contribution in [0.5, 0.6) is 0 Å². The van der Waals surface area contributed by atoms with Crippen LogP contribution in [0.15, 0.2) is 12.3 Å². The molecule has 4 nitrogen and oxygen atoms in total. The van der Waals surface area contributed by atoms with Gasteiger partial charge in [0, 0.05) is 19.9 Å². The Balaban J connectivity index is 2.22. The third-order valence-corrected chi connectivity index (χ3v) is 1.62. The Bertz CT molecular complexity index is 132. The third kappa shape index (κ3) is 2.88. The Labute approximate surface area is 66.4 Å². The van der Waals surface area contributed by atoms with Crippen LogP contribution in [0.4, 0.5) is 0 Å². The summed E-state index contributed by atoms with van der Waals surface area (Å²) in [6.45, 7) is 0.813. The summed E-state index contributed by atoms with van der Waals surface area (Å²) in [7, 11) is 1.58. The predicted octanol–water partition coefficient (Wildman–Crippen LogP) is 0.613. The molecule has 4 heteroatoms. The maximum atomic E-state index is 10.6. The highest BCUT2D eigenvalue weighted by Crippen LogP contribution is 2.12. The second-order valence-corrected chi connectivity index (χ2v) is 2.44. The summed E-state index contributed by atoms with van der Waals surface area (Å²) in [5.74, 6) is 0. The van der Waals surface area contributed by atoms with Crippen LogP contribution in [0.2, 0.25) is 0 Å². The summed E-state index contributed by atoms with van der Waals surface area (Å²) < 4.78 is 5.27. The zero-order valence-corrected chi connectivity index (χ0v) is 6.62. The number of hydrazine groups is 1. The number of hydrogen-bond acceptors (Lipinski definition) is 4. The van der Waals surface area contributed by atoms with E-state index in [1.165, 1.54) is 6.20 Å². The van der Waals surface area contributed by atoms with E-state index in [0.717, 1.165) is 19.4 Å². The Morgan fingerprint density at radius 3 is 3.09 bits per heavy atom. The van der Waals surface area contributed by atoms with Crippen LogP contribution in [0, 0.1) is 5.21 Å². The van der Waals surface area contributed by atoms with Crippen LogP contribution in [-0.4, -0.2) is 24.9 Å². The molecule has 11 heavy (non-hydrogen) atoms. The largest absolute Gasteiger partial charge is 0.744 e. The van der Waals surface area contributed by atoms with Crippen LogP contribution >= 0.6 is 0 Å². The monoisotopic (exact) mass is 157 g/mol. The highest BCUT2D eigenvalue weighted by atomic mass is 16.5. The summed E-state index contributed by atoms with van der Waals surface area (Å²) in [4.78, 5) is 0. The second kappa shape index (κ2) is 4.33. The molecule has 1 saturated heterocycles. The van der Waals surface area contributed by atoms with Crippen molar-refractivity contribution in [1.29, 1.82) is 0 Å². The zero-order chi connectivity index (χ0) is 8.10. The van der Waals surface area contributed by atoms with Crippen molar-refractivity contribution in [2.75, 3.05) is 13.7 Å². The molecule has 1 aliphatic rings. The topological polar surface area (TPSA) is 47.6 Å². The first kappa shape index (κ1) is 8.52. The van der Waals surface area contributed by atoms with Gasteiger partial charge in [-0.05, 0) is 18.9 Å². The molecule has 0 spiro atoms. The van der Waals surface area contributed by atoms with Crippen molar-refractivity contribution in [2.24, 2.45) is 0 Å². The van der Waals surface area contributed by atoms with Gasteiger partial charge in [-0.15, -0.1) is 0 Å². The standard InChI is InChI=1S/C7H13N2O2/c1-8-9(10)5-4-7-3-2-6-11-7/h4-5,7-8H,2-3,6H2,1H3/q-1/b5-4+. The summed E-state index contributed by atoms with van der Waals surface area (Å²) in [6.07, 6.45) is 5.47. The number of hydroxylamine groups is 1. The molecular formula is C7H13N2O2-. The lowest BCUT2D eigenvalue weighted by Crippen LogP contribution is -2.23. The molecule has 1 rings (SSSR count). The van der Waals surface area contributed by atoms with Crippen LogP contribution in [0.25, 0.3) is 0 Å². The summed E-state index contributed by atoms with van der Waals surface area (Å²) in [6, 6.07) is 0. The SMILES string of the molecule is CNN([O-])/C=C/C1CCCO1. The fourth-order valence-electron chi connectivity index (χ4n) is 1.00. The number of rotatable bonds is 3. The van der Waals surface area contributed by atoms with E-state index < -0.39 is 0 Å². The van der Waals surface area contributed by atoms with Crippen LogP contribution in [-0.2, 0) is 4.74 Å². The molecule has 0 aliphatic carbocycles. The maximum Gasteiger partial charge on any atom is 0.0773 e. The molecule has 1 N–H and O–H groups in total. The fraction of sp³-hybridized carbons (Fsp3) is 0.714.